The van der Waals surface area contributed by atoms with Crippen LogP contribution in [0.15, 0.2) is 30.3 Å². The van der Waals surface area contributed by atoms with E-state index in [1.165, 1.54) is 9.80 Å². The van der Waals surface area contributed by atoms with E-state index in [0.717, 1.165) is 38.4 Å². The van der Waals surface area contributed by atoms with Crippen molar-refractivity contribution in [3.8, 4) is 0 Å². The van der Waals surface area contributed by atoms with Crippen LogP contribution in [-0.4, -0.2) is 122 Å². The second kappa shape index (κ2) is 19.4. The van der Waals surface area contributed by atoms with Gasteiger partial charge in [-0.05, 0) is 53.9 Å². The first-order valence-corrected chi connectivity index (χ1v) is 23.1. The molecule has 1 aliphatic heterocycles. The van der Waals surface area contributed by atoms with Gasteiger partial charge in [-0.25, -0.2) is 13.2 Å². The number of likely N-dealkylation sites (tertiary alicyclic amines) is 1. The molecular weight excluding hydrogens is 791 g/mol. The quantitative estimate of drug-likeness (QED) is 0.154. The molecule has 7 amide bonds. The van der Waals surface area contributed by atoms with Crippen molar-refractivity contribution < 1.29 is 42.0 Å². The van der Waals surface area contributed by atoms with E-state index in [2.05, 4.69) is 26.6 Å². The zero-order valence-corrected chi connectivity index (χ0v) is 37.6. The number of ketones is 1. The molecule has 0 bridgehead atoms. The van der Waals surface area contributed by atoms with E-state index in [-0.39, 0.29) is 36.5 Å². The lowest BCUT2D eigenvalue weighted by atomic mass is 9.75. The first-order valence-electron chi connectivity index (χ1n) is 21.1. The highest BCUT2D eigenvalue weighted by atomic mass is 32.2. The van der Waals surface area contributed by atoms with Crippen molar-refractivity contribution in [1.82, 2.24) is 36.4 Å². The average molecular weight is 858 g/mol. The molecule has 1 unspecified atom stereocenters. The Hall–Kier alpha value is -4.54. The van der Waals surface area contributed by atoms with Crippen LogP contribution >= 0.6 is 0 Å². The zero-order chi connectivity index (χ0) is 44.8. The highest BCUT2D eigenvalue weighted by molar-refractivity contribution is 7.90. The molecule has 5 N–H and O–H groups in total. The predicted molar refractivity (Wildman–Crippen MR) is 227 cm³/mol. The number of nitrogens with zero attached hydrogens (tertiary/aromatic N) is 2. The smallest absolute Gasteiger partial charge is 0.315 e. The molecule has 0 spiro atoms. The van der Waals surface area contributed by atoms with Gasteiger partial charge < -0.3 is 36.4 Å². The summed E-state index contributed by atoms with van der Waals surface area (Å²) in [6.07, 6.45) is 6.84. The minimum Gasteiger partial charge on any atom is -0.347 e. The summed E-state index contributed by atoms with van der Waals surface area (Å²) in [4.78, 5) is 98.6. The lowest BCUT2D eigenvalue weighted by Crippen LogP contribution is -2.63. The van der Waals surface area contributed by atoms with Crippen LogP contribution in [0.4, 0.5) is 4.79 Å². The van der Waals surface area contributed by atoms with Crippen LogP contribution in [0, 0.1) is 22.7 Å². The van der Waals surface area contributed by atoms with Gasteiger partial charge in [0.1, 0.15) is 28.0 Å². The van der Waals surface area contributed by atoms with Gasteiger partial charge in [0.15, 0.2) is 0 Å². The number of carbonyl (C=O) groups is 7. The Morgan fingerprint density at radius 3 is 2.02 bits per heavy atom. The topological polar surface area (TPSA) is 220 Å². The number of hydrogen-bond donors (Lipinski definition) is 5. The summed E-state index contributed by atoms with van der Waals surface area (Å²) >= 11 is 0. The SMILES string of the molecule is CN(C)C(=O)[C@@H](NC(=O)CNC(=O)C(=O)C(CC1CC1)NC(=O)[C@@H]1[C@@H](C(C)(C)C)CCN1C(=O)[C@@H](NC(=O)NC1(CS(C)(=O)=O)CCCCC1)C(C)(C)C)c1ccccc1. The Kier molecular flexibility index (Phi) is 15.6. The van der Waals surface area contributed by atoms with E-state index in [1.54, 1.807) is 65.2 Å². The molecule has 1 aromatic carbocycles. The van der Waals surface area contributed by atoms with Crippen molar-refractivity contribution >= 4 is 51.2 Å². The van der Waals surface area contributed by atoms with Gasteiger partial charge in [0.2, 0.25) is 29.4 Å². The number of amides is 7. The zero-order valence-electron chi connectivity index (χ0n) is 36.8. The summed E-state index contributed by atoms with van der Waals surface area (Å²) in [5.74, 6) is -4.68. The molecule has 2 saturated carbocycles. The third kappa shape index (κ3) is 13.2. The average Bonchev–Trinajstić information content (AvgIpc) is 3.85. The number of hydrogen-bond acceptors (Lipinski definition) is 9. The van der Waals surface area contributed by atoms with Gasteiger partial charge in [-0.1, -0.05) is 104 Å². The summed E-state index contributed by atoms with van der Waals surface area (Å²) in [5.41, 5.74) is -1.73. The Labute approximate surface area is 355 Å². The molecule has 0 aromatic heterocycles. The second-order valence-corrected chi connectivity index (χ2v) is 21.6. The lowest BCUT2D eigenvalue weighted by molar-refractivity contribution is -0.145. The van der Waals surface area contributed by atoms with E-state index in [1.807, 2.05) is 20.8 Å². The molecule has 3 aliphatic rings. The van der Waals surface area contributed by atoms with Crippen molar-refractivity contribution in [2.45, 2.75) is 129 Å². The normalized spacial score (nSPS) is 20.8. The van der Waals surface area contributed by atoms with Crippen LogP contribution in [-0.2, 0) is 38.6 Å². The monoisotopic (exact) mass is 857 g/mol. The molecule has 60 heavy (non-hydrogen) atoms. The van der Waals surface area contributed by atoms with Gasteiger partial charge in [0, 0.05) is 26.9 Å². The summed E-state index contributed by atoms with van der Waals surface area (Å²) in [5, 5.41) is 13.6. The van der Waals surface area contributed by atoms with Crippen LogP contribution in [0.3, 0.4) is 0 Å². The number of likely N-dealkylation sites (N-methyl/N-ethyl adjacent to an activating group) is 1. The van der Waals surface area contributed by atoms with Gasteiger partial charge in [-0.15, -0.1) is 0 Å². The Bertz CT molecular complexity index is 1860. The Morgan fingerprint density at radius 1 is 0.867 bits per heavy atom. The van der Waals surface area contributed by atoms with Crippen molar-refractivity contribution in [2.24, 2.45) is 22.7 Å². The van der Waals surface area contributed by atoms with Crippen LogP contribution in [0.2, 0.25) is 0 Å². The van der Waals surface area contributed by atoms with E-state index in [4.69, 9.17) is 0 Å². The molecule has 1 saturated heterocycles. The van der Waals surface area contributed by atoms with Crippen molar-refractivity contribution in [3.05, 3.63) is 35.9 Å². The minimum absolute atomic E-state index is 0.0990. The summed E-state index contributed by atoms with van der Waals surface area (Å²) < 4.78 is 24.8. The third-order valence-electron chi connectivity index (χ3n) is 11.8. The number of benzene rings is 1. The van der Waals surface area contributed by atoms with Crippen molar-refractivity contribution in [3.63, 3.8) is 0 Å². The van der Waals surface area contributed by atoms with Crippen LogP contribution in [0.25, 0.3) is 0 Å². The Morgan fingerprint density at radius 2 is 1.48 bits per heavy atom. The molecule has 0 radical (unpaired) electrons. The molecule has 3 fully saturated rings. The number of Topliss-reactive ketones (excluding diaryl/α,β-unsaturated/α-hetero) is 1. The molecule has 17 heteroatoms. The number of carbonyl (C=O) groups excluding carboxylic acids is 7. The van der Waals surface area contributed by atoms with Gasteiger partial charge in [-0.3, -0.25) is 28.8 Å². The minimum atomic E-state index is -3.45. The van der Waals surface area contributed by atoms with E-state index in [0.29, 0.717) is 24.8 Å². The van der Waals surface area contributed by atoms with Gasteiger partial charge in [0.05, 0.1) is 23.9 Å². The predicted octanol–water partition coefficient (Wildman–Crippen LogP) is 2.63. The van der Waals surface area contributed by atoms with Gasteiger partial charge in [-0.2, -0.15) is 0 Å². The van der Waals surface area contributed by atoms with E-state index >= 15 is 0 Å². The van der Waals surface area contributed by atoms with Crippen molar-refractivity contribution in [1.29, 1.82) is 0 Å². The fraction of sp³-hybridized carbons (Fsp3) is 0.698. The first kappa shape index (κ1) is 48.1. The van der Waals surface area contributed by atoms with Gasteiger partial charge in [0.25, 0.3) is 5.91 Å². The Balaban J connectivity index is 1.51. The van der Waals surface area contributed by atoms with Crippen LogP contribution in [0.1, 0.15) is 111 Å². The maximum atomic E-state index is 14.6. The molecule has 16 nitrogen and oxygen atoms in total. The largest absolute Gasteiger partial charge is 0.347 e. The molecule has 1 heterocycles. The fourth-order valence-corrected chi connectivity index (χ4v) is 9.88. The number of rotatable bonds is 16. The van der Waals surface area contributed by atoms with Gasteiger partial charge >= 0.3 is 6.03 Å². The maximum absolute atomic E-state index is 14.6. The van der Waals surface area contributed by atoms with E-state index in [9.17, 15) is 42.0 Å². The first-order chi connectivity index (χ1) is 27.8. The molecule has 1 aromatic rings. The van der Waals surface area contributed by atoms with Crippen molar-refractivity contribution in [2.75, 3.05) is 39.2 Å². The maximum Gasteiger partial charge on any atom is 0.315 e. The van der Waals surface area contributed by atoms with Crippen LogP contribution < -0.4 is 26.6 Å². The molecule has 2 aliphatic carbocycles. The lowest BCUT2D eigenvalue weighted by Gasteiger charge is -2.40. The number of sulfone groups is 1. The molecule has 334 valence electrons. The number of nitrogens with one attached hydrogen (secondary N) is 5. The summed E-state index contributed by atoms with van der Waals surface area (Å²) in [7, 11) is -0.333. The molecule has 5 atom stereocenters. The third-order valence-corrected chi connectivity index (χ3v) is 12.9. The molecule has 4 rings (SSSR count). The number of urea groups is 1. The molecular formula is C43H67N7O9S. The summed E-state index contributed by atoms with van der Waals surface area (Å²) in [6.45, 7) is 10.9. The highest BCUT2D eigenvalue weighted by Crippen LogP contribution is 2.40. The summed E-state index contributed by atoms with van der Waals surface area (Å²) in [6, 6.07) is 3.53. The highest BCUT2D eigenvalue weighted by Gasteiger charge is 2.51. The second-order valence-electron chi connectivity index (χ2n) is 19.5. The van der Waals surface area contributed by atoms with E-state index < -0.39 is 92.4 Å². The standard InChI is InChI=1S/C43H67N7O9S/c1-41(2,3)29-20-23-50(39(56)35(42(4,5)6)47-40(57)48-43(26-60(9,58)59)21-14-11-15-22-43)33(29)36(53)45-30(24-27-18-19-27)34(52)37(54)44-25-31(51)46-32(38(55)49(7)8)28-16-12-10-13-17-28/h10,12-13,16-17,27,29-30,32-33,35H,11,14-15,18-26H2,1-9H3,(H,44,54)(H,45,53)(H,46,51)(H2,47,48,57)/t29-,30?,32-,33-,35+/m0/s1. The fourth-order valence-electron chi connectivity index (χ4n) is 8.51. The van der Waals surface area contributed by atoms with Crippen LogP contribution in [0.5, 0.6) is 0 Å².